The Bertz CT molecular complexity index is 452. The molecule has 0 bridgehead atoms. The molecule has 0 radical (unpaired) electrons. The summed E-state index contributed by atoms with van der Waals surface area (Å²) in [6, 6.07) is 1.17. The molecule has 0 fully saturated rings. The van der Waals surface area contributed by atoms with Crippen LogP contribution in [-0.2, 0) is 10.9 Å². The van der Waals surface area contributed by atoms with Gasteiger partial charge in [0, 0.05) is 32.7 Å². The number of nitrogens with one attached hydrogen (secondary N) is 1. The molecule has 6 nitrogen and oxygen atoms in total. The van der Waals surface area contributed by atoms with Crippen LogP contribution in [0.4, 0.5) is 24.8 Å². The van der Waals surface area contributed by atoms with Crippen LogP contribution in [0, 0.1) is 0 Å². The Morgan fingerprint density at radius 3 is 2.60 bits per heavy atom. The van der Waals surface area contributed by atoms with Crippen LogP contribution in [0.3, 0.4) is 0 Å². The van der Waals surface area contributed by atoms with E-state index in [2.05, 4.69) is 15.3 Å². The van der Waals surface area contributed by atoms with Crippen molar-refractivity contribution in [3.8, 4) is 0 Å². The SMILES string of the molecule is COCCC(C)(O)CNc1cc(N)nc(C(F)(F)F)n1. The first-order chi connectivity index (χ1) is 9.14. The van der Waals surface area contributed by atoms with Crippen molar-refractivity contribution in [1.29, 1.82) is 0 Å². The zero-order valence-corrected chi connectivity index (χ0v) is 11.2. The van der Waals surface area contributed by atoms with Crippen LogP contribution >= 0.6 is 0 Å². The highest BCUT2D eigenvalue weighted by Crippen LogP contribution is 2.27. The van der Waals surface area contributed by atoms with E-state index in [-0.39, 0.29) is 18.2 Å². The van der Waals surface area contributed by atoms with E-state index in [1.54, 1.807) is 0 Å². The van der Waals surface area contributed by atoms with Crippen molar-refractivity contribution in [1.82, 2.24) is 9.97 Å². The average Bonchev–Trinajstić information content (AvgIpc) is 2.32. The highest BCUT2D eigenvalue weighted by Gasteiger charge is 2.35. The number of nitrogen functional groups attached to an aromatic ring is 1. The minimum absolute atomic E-state index is 0.00408. The van der Waals surface area contributed by atoms with Crippen molar-refractivity contribution in [2.75, 3.05) is 31.3 Å². The van der Waals surface area contributed by atoms with E-state index in [1.165, 1.54) is 20.1 Å². The van der Waals surface area contributed by atoms with Crippen molar-refractivity contribution in [3.63, 3.8) is 0 Å². The first kappa shape index (κ1) is 16.4. The van der Waals surface area contributed by atoms with Gasteiger partial charge in [-0.25, -0.2) is 9.97 Å². The molecule has 0 aliphatic carbocycles. The molecule has 1 atom stereocenters. The number of methoxy groups -OCH3 is 1. The second-order valence-electron chi connectivity index (χ2n) is 4.59. The van der Waals surface area contributed by atoms with Crippen LogP contribution in [0.15, 0.2) is 6.07 Å². The molecule has 4 N–H and O–H groups in total. The van der Waals surface area contributed by atoms with Gasteiger partial charge < -0.3 is 20.9 Å². The topological polar surface area (TPSA) is 93.3 Å². The number of nitrogens with two attached hydrogens (primary N) is 1. The molecule has 1 aromatic heterocycles. The lowest BCUT2D eigenvalue weighted by molar-refractivity contribution is -0.144. The smallest absolute Gasteiger partial charge is 0.388 e. The van der Waals surface area contributed by atoms with E-state index in [9.17, 15) is 18.3 Å². The van der Waals surface area contributed by atoms with Crippen LogP contribution in [0.2, 0.25) is 0 Å². The fourth-order valence-electron chi connectivity index (χ4n) is 1.37. The summed E-state index contributed by atoms with van der Waals surface area (Å²) in [7, 11) is 1.49. The fourth-order valence-corrected chi connectivity index (χ4v) is 1.37. The fraction of sp³-hybridized carbons (Fsp3) is 0.636. The molecule has 0 aromatic carbocycles. The molecule has 0 saturated heterocycles. The number of hydrogen-bond acceptors (Lipinski definition) is 6. The molecule has 1 aromatic rings. The third kappa shape index (κ3) is 5.17. The van der Waals surface area contributed by atoms with E-state index in [0.717, 1.165) is 0 Å². The zero-order valence-electron chi connectivity index (χ0n) is 11.2. The van der Waals surface area contributed by atoms with Gasteiger partial charge in [-0.2, -0.15) is 13.2 Å². The number of hydrogen-bond donors (Lipinski definition) is 3. The predicted octanol–water partition coefficient (Wildman–Crippen LogP) is 1.28. The first-order valence-corrected chi connectivity index (χ1v) is 5.81. The summed E-state index contributed by atoms with van der Waals surface area (Å²) in [5, 5.41) is 12.6. The van der Waals surface area contributed by atoms with E-state index in [4.69, 9.17) is 10.5 Å². The molecule has 0 aliphatic heterocycles. The van der Waals surface area contributed by atoms with E-state index in [1.807, 2.05) is 0 Å². The minimum atomic E-state index is -4.68. The quantitative estimate of drug-likeness (QED) is 0.732. The van der Waals surface area contributed by atoms with Gasteiger partial charge in [-0.15, -0.1) is 0 Å². The van der Waals surface area contributed by atoms with Crippen molar-refractivity contribution in [2.24, 2.45) is 0 Å². The highest BCUT2D eigenvalue weighted by molar-refractivity contribution is 5.45. The molecule has 0 aliphatic rings. The van der Waals surface area contributed by atoms with Gasteiger partial charge in [0.25, 0.3) is 0 Å². The largest absolute Gasteiger partial charge is 0.451 e. The summed E-state index contributed by atoms with van der Waals surface area (Å²) < 4.78 is 42.4. The van der Waals surface area contributed by atoms with Crippen LogP contribution < -0.4 is 11.1 Å². The molecule has 0 saturated carbocycles. The summed E-state index contributed by atoms with van der Waals surface area (Å²) in [5.74, 6) is -1.72. The monoisotopic (exact) mass is 294 g/mol. The zero-order chi connectivity index (χ0) is 15.4. The number of rotatable bonds is 6. The van der Waals surface area contributed by atoms with Gasteiger partial charge in [-0.1, -0.05) is 0 Å². The maximum Gasteiger partial charge on any atom is 0.451 e. The lowest BCUT2D eigenvalue weighted by Crippen LogP contribution is -2.35. The summed E-state index contributed by atoms with van der Waals surface area (Å²) in [4.78, 5) is 6.44. The number of nitrogens with zero attached hydrogens (tertiary/aromatic N) is 2. The van der Waals surface area contributed by atoms with Crippen molar-refractivity contribution in [2.45, 2.75) is 25.1 Å². The summed E-state index contributed by atoms with van der Waals surface area (Å²) in [6.45, 7) is 1.87. The number of aliphatic hydroxyl groups is 1. The van der Waals surface area contributed by atoms with Gasteiger partial charge in [-0.3, -0.25) is 0 Å². The maximum absolute atomic E-state index is 12.5. The third-order valence-electron chi connectivity index (χ3n) is 2.49. The van der Waals surface area contributed by atoms with E-state index in [0.29, 0.717) is 13.0 Å². The number of halogens is 3. The van der Waals surface area contributed by atoms with Crippen LogP contribution in [-0.4, -0.2) is 40.9 Å². The van der Waals surface area contributed by atoms with Crippen LogP contribution in [0.1, 0.15) is 19.2 Å². The maximum atomic E-state index is 12.5. The molecule has 20 heavy (non-hydrogen) atoms. The molecule has 1 rings (SSSR count). The predicted molar refractivity (Wildman–Crippen MR) is 67.1 cm³/mol. The summed E-state index contributed by atoms with van der Waals surface area (Å²) >= 11 is 0. The second kappa shape index (κ2) is 6.23. The molecule has 0 amide bonds. The Hall–Kier alpha value is -1.61. The molecule has 9 heteroatoms. The van der Waals surface area contributed by atoms with Crippen molar-refractivity contribution in [3.05, 3.63) is 11.9 Å². The standard InChI is InChI=1S/C11H17F3N4O2/c1-10(19,3-4-20-2)6-16-8-5-7(15)17-9(18-8)11(12,13)14/h5,19H,3-4,6H2,1-2H3,(H3,15,16,17,18). The average molecular weight is 294 g/mol. The third-order valence-corrected chi connectivity index (χ3v) is 2.49. The van der Waals surface area contributed by atoms with Gasteiger partial charge in [0.2, 0.25) is 5.82 Å². The van der Waals surface area contributed by atoms with Crippen LogP contribution in [0.25, 0.3) is 0 Å². The number of ether oxygens (including phenoxy) is 1. The minimum Gasteiger partial charge on any atom is -0.388 e. The molecule has 114 valence electrons. The number of alkyl halides is 3. The Kier molecular flexibility index (Phi) is 5.12. The van der Waals surface area contributed by atoms with Gasteiger partial charge in [0.05, 0.1) is 5.60 Å². The Balaban J connectivity index is 2.76. The van der Waals surface area contributed by atoms with E-state index < -0.39 is 17.6 Å². The molecule has 1 heterocycles. The first-order valence-electron chi connectivity index (χ1n) is 5.81. The highest BCUT2D eigenvalue weighted by atomic mass is 19.4. The van der Waals surface area contributed by atoms with Crippen molar-refractivity contribution < 1.29 is 23.0 Å². The second-order valence-corrected chi connectivity index (χ2v) is 4.59. The lowest BCUT2D eigenvalue weighted by Gasteiger charge is -2.23. The van der Waals surface area contributed by atoms with Gasteiger partial charge in [0.1, 0.15) is 11.6 Å². The molecular formula is C11H17F3N4O2. The molecule has 1 unspecified atom stereocenters. The Morgan fingerprint density at radius 2 is 2.05 bits per heavy atom. The lowest BCUT2D eigenvalue weighted by atomic mass is 10.0. The Morgan fingerprint density at radius 1 is 1.40 bits per heavy atom. The Labute approximate surface area is 114 Å². The van der Waals surface area contributed by atoms with E-state index >= 15 is 0 Å². The summed E-state index contributed by atoms with van der Waals surface area (Å²) in [6.07, 6.45) is -4.35. The van der Waals surface area contributed by atoms with Gasteiger partial charge >= 0.3 is 6.18 Å². The summed E-state index contributed by atoms with van der Waals surface area (Å²) in [5.41, 5.74) is 4.16. The van der Waals surface area contributed by atoms with Gasteiger partial charge in [-0.05, 0) is 6.92 Å². The van der Waals surface area contributed by atoms with Crippen molar-refractivity contribution >= 4 is 11.6 Å². The number of anilines is 2. The molecule has 0 spiro atoms. The van der Waals surface area contributed by atoms with Gasteiger partial charge in [0.15, 0.2) is 0 Å². The number of aromatic nitrogens is 2. The van der Waals surface area contributed by atoms with Crippen LogP contribution in [0.5, 0.6) is 0 Å². The molecular weight excluding hydrogens is 277 g/mol. The normalized spacial score (nSPS) is 14.9.